The Kier molecular flexibility index (Phi) is 7.10. The molecule has 0 atom stereocenters. The Morgan fingerprint density at radius 3 is 2.55 bits per heavy atom. The number of nitrogens with zero attached hydrogens (tertiary/aromatic N) is 4. The molecule has 3 aromatic rings. The van der Waals surface area contributed by atoms with Crippen LogP contribution in [0.15, 0.2) is 34.1 Å². The van der Waals surface area contributed by atoms with Crippen LogP contribution in [0.3, 0.4) is 0 Å². The van der Waals surface area contributed by atoms with E-state index in [0.29, 0.717) is 6.42 Å². The molecule has 1 N–H and O–H groups in total. The smallest absolute Gasteiger partial charge is 0.214 e. The molecule has 11 heteroatoms. The predicted molar refractivity (Wildman–Crippen MR) is 114 cm³/mol. The third kappa shape index (κ3) is 4.48. The molecule has 0 unspecified atom stereocenters. The van der Waals surface area contributed by atoms with Crippen molar-refractivity contribution in [2.75, 3.05) is 33.0 Å². The monoisotopic (exact) mass is 461 g/mol. The van der Waals surface area contributed by atoms with Gasteiger partial charge in [-0.25, -0.2) is 22.3 Å². The van der Waals surface area contributed by atoms with E-state index in [1.54, 1.807) is 7.05 Å². The van der Waals surface area contributed by atoms with Crippen molar-refractivity contribution in [1.82, 2.24) is 19.5 Å². The lowest BCUT2D eigenvalue weighted by Gasteiger charge is -2.10. The van der Waals surface area contributed by atoms with Gasteiger partial charge in [0.05, 0.1) is 9.92 Å². The quantitative estimate of drug-likeness (QED) is 0.567. The molecule has 0 amide bonds. The van der Waals surface area contributed by atoms with E-state index in [4.69, 9.17) is 11.6 Å². The highest BCUT2D eigenvalue weighted by Crippen LogP contribution is 2.32. The summed E-state index contributed by atoms with van der Waals surface area (Å²) in [6, 6.07) is 5.19. The molecule has 7 nitrogen and oxygen atoms in total. The summed E-state index contributed by atoms with van der Waals surface area (Å²) >= 11 is 5.80. The van der Waals surface area contributed by atoms with Crippen molar-refractivity contribution in [3.05, 3.63) is 46.5 Å². The number of aromatic nitrogens is 3. The Morgan fingerprint density at radius 1 is 1.28 bits per heavy atom. The fourth-order valence-electron chi connectivity index (χ4n) is 2.85. The summed E-state index contributed by atoms with van der Waals surface area (Å²) in [5, 5.41) is 6.90. The molecule has 1 aromatic carbocycles. The average Bonchev–Trinajstić information content (AvgIpc) is 3.02. The van der Waals surface area contributed by atoms with Crippen molar-refractivity contribution < 1.29 is 12.8 Å². The molecule has 2 aromatic heterocycles. The van der Waals surface area contributed by atoms with Crippen LogP contribution in [0.4, 0.5) is 10.2 Å². The molecule has 3 rings (SSSR count). The molecule has 2 heterocycles. The van der Waals surface area contributed by atoms with Gasteiger partial charge >= 0.3 is 0 Å². The molecule has 0 aliphatic carbocycles. The van der Waals surface area contributed by atoms with Crippen molar-refractivity contribution in [2.45, 2.75) is 23.1 Å². The first kappa shape index (κ1) is 23.3. The van der Waals surface area contributed by atoms with E-state index >= 15 is 0 Å². The van der Waals surface area contributed by atoms with E-state index in [0.717, 1.165) is 30.1 Å². The zero-order valence-electron chi connectivity index (χ0n) is 16.4. The number of aryl methyl sites for hydroxylation is 1. The van der Waals surface area contributed by atoms with Crippen molar-refractivity contribution >= 4 is 45.3 Å². The maximum absolute atomic E-state index is 13.5. The van der Waals surface area contributed by atoms with Gasteiger partial charge in [0.1, 0.15) is 5.82 Å². The normalized spacial score (nSPS) is 11.7. The van der Waals surface area contributed by atoms with Crippen LogP contribution in [0.1, 0.15) is 11.4 Å². The zero-order chi connectivity index (χ0) is 20.6. The minimum atomic E-state index is -4.04. The number of halogens is 3. The molecule has 0 fully saturated rings. The molecule has 158 valence electrons. The third-order valence-corrected chi connectivity index (χ3v) is 6.38. The van der Waals surface area contributed by atoms with Crippen LogP contribution in [-0.4, -0.2) is 55.6 Å². The fourth-order valence-corrected chi connectivity index (χ4v) is 4.62. The Bertz CT molecular complexity index is 1150. The number of rotatable bonds is 6. The lowest BCUT2D eigenvalue weighted by Crippen LogP contribution is -2.16. The van der Waals surface area contributed by atoms with Crippen LogP contribution in [0.2, 0.25) is 5.02 Å². The van der Waals surface area contributed by atoms with Gasteiger partial charge in [-0.15, -0.1) is 17.5 Å². The minimum Gasteiger partial charge on any atom is -0.370 e. The van der Waals surface area contributed by atoms with E-state index in [9.17, 15) is 12.8 Å². The second-order valence-corrected chi connectivity index (χ2v) is 8.98. The lowest BCUT2D eigenvalue weighted by molar-refractivity contribution is 0.411. The standard InChI is InChI=1S/C18H21ClFN5O2S.ClH/c1-11-9-12(7-8-24(3)4)22-18-16(17(21-2)23-25(11)18)28(26,27)13-5-6-15(20)14(19)10-13;/h5-6,9-10H,7-8H2,1-4H3,(H,21,23);1H. The molecule has 0 saturated heterocycles. The summed E-state index contributed by atoms with van der Waals surface area (Å²) < 4.78 is 41.6. The highest BCUT2D eigenvalue weighted by molar-refractivity contribution is 7.91. The molecule has 0 spiro atoms. The number of nitrogens with one attached hydrogen (secondary N) is 1. The molecule has 29 heavy (non-hydrogen) atoms. The van der Waals surface area contributed by atoms with Crippen LogP contribution >= 0.6 is 24.0 Å². The van der Waals surface area contributed by atoms with Gasteiger partial charge in [0.2, 0.25) is 9.84 Å². The molecule has 0 bridgehead atoms. The SMILES string of the molecule is CNc1nn2c(C)cc(CCN(C)C)nc2c1S(=O)(=O)c1ccc(F)c(Cl)c1.Cl. The van der Waals surface area contributed by atoms with E-state index in [2.05, 4.69) is 15.4 Å². The number of sulfone groups is 1. The Morgan fingerprint density at radius 2 is 1.97 bits per heavy atom. The minimum absolute atomic E-state index is 0. The third-order valence-electron chi connectivity index (χ3n) is 4.30. The van der Waals surface area contributed by atoms with E-state index in [1.165, 1.54) is 10.6 Å². The second-order valence-electron chi connectivity index (χ2n) is 6.68. The summed E-state index contributed by atoms with van der Waals surface area (Å²) in [6.45, 7) is 2.61. The molecular formula is C18H22Cl2FN5O2S. The average molecular weight is 462 g/mol. The van der Waals surface area contributed by atoms with Crippen LogP contribution in [0.5, 0.6) is 0 Å². The van der Waals surface area contributed by atoms with E-state index in [-0.39, 0.29) is 38.7 Å². The molecule has 0 aliphatic heterocycles. The summed E-state index contributed by atoms with van der Waals surface area (Å²) in [5.41, 5.74) is 1.74. The topological polar surface area (TPSA) is 79.6 Å². The van der Waals surface area contributed by atoms with E-state index in [1.807, 2.05) is 32.0 Å². The van der Waals surface area contributed by atoms with Crippen molar-refractivity contribution in [3.8, 4) is 0 Å². The summed E-state index contributed by atoms with van der Waals surface area (Å²) in [6.07, 6.45) is 0.659. The number of likely N-dealkylation sites (N-methyl/N-ethyl adjacent to an activating group) is 1. The van der Waals surface area contributed by atoms with Gasteiger partial charge in [-0.3, -0.25) is 0 Å². The Hall–Kier alpha value is -1.94. The number of benzene rings is 1. The first-order chi connectivity index (χ1) is 13.1. The van der Waals surface area contributed by atoms with Crippen LogP contribution < -0.4 is 5.32 Å². The summed E-state index contributed by atoms with van der Waals surface area (Å²) in [4.78, 5) is 6.39. The van der Waals surface area contributed by atoms with Crippen LogP contribution in [-0.2, 0) is 16.3 Å². The van der Waals surface area contributed by atoms with Gasteiger partial charge in [-0.1, -0.05) is 11.6 Å². The number of fused-ring (bicyclic) bond motifs is 1. The van der Waals surface area contributed by atoms with Crippen LogP contribution in [0, 0.1) is 12.7 Å². The van der Waals surface area contributed by atoms with Gasteiger partial charge in [0, 0.05) is 31.4 Å². The number of hydrogen-bond acceptors (Lipinski definition) is 6. The Labute approximate surface area is 180 Å². The van der Waals surface area contributed by atoms with E-state index < -0.39 is 15.7 Å². The maximum Gasteiger partial charge on any atom is 0.214 e. The molecular weight excluding hydrogens is 440 g/mol. The number of anilines is 1. The van der Waals surface area contributed by atoms with Gasteiger partial charge in [0.25, 0.3) is 0 Å². The lowest BCUT2D eigenvalue weighted by atomic mass is 10.2. The highest BCUT2D eigenvalue weighted by Gasteiger charge is 2.29. The largest absolute Gasteiger partial charge is 0.370 e. The van der Waals surface area contributed by atoms with Crippen LogP contribution in [0.25, 0.3) is 5.65 Å². The molecule has 0 saturated carbocycles. The zero-order valence-corrected chi connectivity index (χ0v) is 18.8. The fraction of sp³-hybridized carbons (Fsp3) is 0.333. The maximum atomic E-state index is 13.5. The molecule has 0 radical (unpaired) electrons. The first-order valence-corrected chi connectivity index (χ1v) is 10.4. The second kappa shape index (κ2) is 8.83. The van der Waals surface area contributed by atoms with Gasteiger partial charge in [-0.2, -0.15) is 0 Å². The molecule has 0 aliphatic rings. The summed E-state index contributed by atoms with van der Waals surface area (Å²) in [7, 11) is 1.46. The van der Waals surface area contributed by atoms with Gasteiger partial charge < -0.3 is 10.2 Å². The van der Waals surface area contributed by atoms with Crippen molar-refractivity contribution in [1.29, 1.82) is 0 Å². The summed E-state index contributed by atoms with van der Waals surface area (Å²) in [5.74, 6) is -0.518. The highest BCUT2D eigenvalue weighted by atomic mass is 35.5. The number of hydrogen-bond donors (Lipinski definition) is 1. The predicted octanol–water partition coefficient (Wildman–Crippen LogP) is 3.23. The first-order valence-electron chi connectivity index (χ1n) is 8.57. The van der Waals surface area contributed by atoms with Crippen molar-refractivity contribution in [2.24, 2.45) is 0 Å². The van der Waals surface area contributed by atoms with Crippen molar-refractivity contribution in [3.63, 3.8) is 0 Å². The van der Waals surface area contributed by atoms with Gasteiger partial charge in [0.15, 0.2) is 16.4 Å². The Balaban J connectivity index is 0.00000300. The van der Waals surface area contributed by atoms with Gasteiger partial charge in [-0.05, 0) is 45.3 Å².